The van der Waals surface area contributed by atoms with E-state index >= 15 is 0 Å². The molecule has 34 heavy (non-hydrogen) atoms. The molecule has 0 aliphatic heterocycles. The minimum atomic E-state index is -3.97. The molecule has 1 aromatic rings. The molecule has 3 atom stereocenters. The Morgan fingerprint density at radius 3 is 2.68 bits per heavy atom. The lowest BCUT2D eigenvalue weighted by molar-refractivity contribution is -0.0511. The standard InChI is InChI=1S/C24H32F3NO5S/c1-32-7-8-34(30,31)28-23(29)19-10-18(16-4-5-16)21(11-20(19)25)33-14-24-6-2-3-15(12-24)9-17(13-24)22(26)27/h10-11,15-17,22H,2-9,12-14H2,1H3,(H,28,29). The average molecular weight is 504 g/mol. The van der Waals surface area contributed by atoms with Crippen molar-refractivity contribution in [1.82, 2.24) is 4.72 Å². The first-order valence-corrected chi connectivity index (χ1v) is 13.5. The molecule has 3 aliphatic carbocycles. The number of amides is 1. The van der Waals surface area contributed by atoms with Crippen molar-refractivity contribution in [1.29, 1.82) is 0 Å². The van der Waals surface area contributed by atoms with Gasteiger partial charge in [0.15, 0.2) is 0 Å². The van der Waals surface area contributed by atoms with E-state index in [4.69, 9.17) is 9.47 Å². The Hall–Kier alpha value is -1.81. The van der Waals surface area contributed by atoms with Gasteiger partial charge in [-0.2, -0.15) is 0 Å². The maximum atomic E-state index is 14.9. The fraction of sp³-hybridized carbons (Fsp3) is 0.708. The zero-order valence-electron chi connectivity index (χ0n) is 19.3. The molecule has 0 spiro atoms. The number of sulfonamides is 1. The summed E-state index contributed by atoms with van der Waals surface area (Å²) in [7, 11) is -2.63. The molecule has 190 valence electrons. The number of halogens is 3. The third-order valence-corrected chi connectivity index (χ3v) is 8.63. The average Bonchev–Trinajstić information content (AvgIpc) is 3.61. The van der Waals surface area contributed by atoms with Gasteiger partial charge in [0, 0.05) is 24.5 Å². The Kier molecular flexibility index (Phi) is 7.47. The second-order valence-corrected chi connectivity index (χ2v) is 12.0. The number of methoxy groups -OCH3 is 1. The molecule has 4 rings (SSSR count). The number of hydrogen-bond acceptors (Lipinski definition) is 5. The van der Waals surface area contributed by atoms with Crippen LogP contribution in [0.25, 0.3) is 0 Å². The predicted molar refractivity (Wildman–Crippen MR) is 120 cm³/mol. The van der Waals surface area contributed by atoms with Gasteiger partial charge in [-0.15, -0.1) is 0 Å². The summed E-state index contributed by atoms with van der Waals surface area (Å²) in [6, 6.07) is 2.50. The summed E-state index contributed by atoms with van der Waals surface area (Å²) >= 11 is 0. The SMILES string of the molecule is COCCS(=O)(=O)NC(=O)c1cc(C2CC2)c(OCC23CCCC(CC(C(F)F)C2)C3)cc1F. The van der Waals surface area contributed by atoms with Crippen LogP contribution in [0.5, 0.6) is 5.75 Å². The molecule has 2 bridgehead atoms. The molecule has 1 aromatic carbocycles. The van der Waals surface area contributed by atoms with Gasteiger partial charge in [-0.25, -0.2) is 26.3 Å². The molecule has 0 aromatic heterocycles. The monoisotopic (exact) mass is 503 g/mol. The Balaban J connectivity index is 1.52. The second-order valence-electron chi connectivity index (χ2n) is 10.2. The van der Waals surface area contributed by atoms with Crippen molar-refractivity contribution in [2.45, 2.75) is 63.7 Å². The molecule has 6 nitrogen and oxygen atoms in total. The number of benzene rings is 1. The van der Waals surface area contributed by atoms with E-state index in [2.05, 4.69) is 0 Å². The van der Waals surface area contributed by atoms with Crippen LogP contribution in [0.2, 0.25) is 0 Å². The lowest BCUT2D eigenvalue weighted by Gasteiger charge is -2.48. The fourth-order valence-electron chi connectivity index (χ4n) is 5.67. The van der Waals surface area contributed by atoms with Gasteiger partial charge in [0.25, 0.3) is 5.91 Å². The number of hydrogen-bond donors (Lipinski definition) is 1. The van der Waals surface area contributed by atoms with Crippen molar-refractivity contribution in [3.05, 3.63) is 29.1 Å². The number of carbonyl (C=O) groups is 1. The normalized spacial score (nSPS) is 27.0. The quantitative estimate of drug-likeness (QED) is 0.503. The van der Waals surface area contributed by atoms with Crippen LogP contribution in [-0.2, 0) is 14.8 Å². The third kappa shape index (κ3) is 5.87. The molecular formula is C24H32F3NO5S. The smallest absolute Gasteiger partial charge is 0.267 e. The topological polar surface area (TPSA) is 81.7 Å². The zero-order valence-corrected chi connectivity index (χ0v) is 20.1. The zero-order chi connectivity index (χ0) is 24.5. The van der Waals surface area contributed by atoms with E-state index in [1.165, 1.54) is 13.2 Å². The molecule has 0 saturated heterocycles. The van der Waals surface area contributed by atoms with Crippen molar-refractivity contribution in [2.75, 3.05) is 26.1 Å². The van der Waals surface area contributed by atoms with Gasteiger partial charge in [-0.3, -0.25) is 4.79 Å². The maximum Gasteiger partial charge on any atom is 0.267 e. The lowest BCUT2D eigenvalue weighted by atomic mass is 9.59. The van der Waals surface area contributed by atoms with E-state index in [1.807, 2.05) is 4.72 Å². The first-order valence-electron chi connectivity index (χ1n) is 11.9. The predicted octanol–water partition coefficient (Wildman–Crippen LogP) is 4.64. The molecule has 1 N–H and O–H groups in total. The third-order valence-electron chi connectivity index (χ3n) is 7.43. The summed E-state index contributed by atoms with van der Waals surface area (Å²) in [5, 5.41) is 0. The van der Waals surface area contributed by atoms with Gasteiger partial charge in [0.05, 0.1) is 24.5 Å². The van der Waals surface area contributed by atoms with Crippen molar-refractivity contribution in [3.63, 3.8) is 0 Å². The van der Waals surface area contributed by atoms with Gasteiger partial charge in [-0.05, 0) is 62.0 Å². The van der Waals surface area contributed by atoms with Gasteiger partial charge in [0.2, 0.25) is 16.4 Å². The molecule has 3 aliphatic rings. The summed E-state index contributed by atoms with van der Waals surface area (Å²) in [5.41, 5.74) is -0.0437. The van der Waals surface area contributed by atoms with Crippen molar-refractivity contribution in [2.24, 2.45) is 17.3 Å². The molecule has 3 unspecified atom stereocenters. The number of alkyl halides is 2. The number of carbonyl (C=O) groups excluding carboxylic acids is 1. The van der Waals surface area contributed by atoms with E-state index in [1.54, 1.807) is 0 Å². The van der Waals surface area contributed by atoms with E-state index < -0.39 is 39.8 Å². The minimum Gasteiger partial charge on any atom is -0.493 e. The summed E-state index contributed by atoms with van der Waals surface area (Å²) in [5.74, 6) is -2.28. The fourth-order valence-corrected chi connectivity index (χ4v) is 6.55. The molecule has 3 saturated carbocycles. The Morgan fingerprint density at radius 2 is 2.00 bits per heavy atom. The number of ether oxygens (including phenoxy) is 2. The molecule has 3 fully saturated rings. The second kappa shape index (κ2) is 10.0. The summed E-state index contributed by atoms with van der Waals surface area (Å²) in [6.45, 7) is 0.142. The van der Waals surface area contributed by atoms with Crippen LogP contribution >= 0.6 is 0 Å². The van der Waals surface area contributed by atoms with Gasteiger partial charge in [-0.1, -0.05) is 12.8 Å². The Bertz CT molecular complexity index is 1010. The number of rotatable bonds is 10. The Morgan fingerprint density at radius 1 is 1.24 bits per heavy atom. The summed E-state index contributed by atoms with van der Waals surface area (Å²) < 4.78 is 78.7. The first kappa shape index (κ1) is 25.3. The largest absolute Gasteiger partial charge is 0.493 e. The van der Waals surface area contributed by atoms with Crippen molar-refractivity contribution >= 4 is 15.9 Å². The van der Waals surface area contributed by atoms with Gasteiger partial charge >= 0.3 is 0 Å². The highest BCUT2D eigenvalue weighted by Gasteiger charge is 2.46. The van der Waals surface area contributed by atoms with Crippen LogP contribution in [-0.4, -0.2) is 46.8 Å². The van der Waals surface area contributed by atoms with Gasteiger partial charge in [0.1, 0.15) is 11.6 Å². The van der Waals surface area contributed by atoms with E-state index in [0.29, 0.717) is 24.2 Å². The maximum absolute atomic E-state index is 14.9. The first-order chi connectivity index (χ1) is 16.1. The Labute approximate surface area is 198 Å². The van der Waals surface area contributed by atoms with E-state index in [9.17, 15) is 26.4 Å². The van der Waals surface area contributed by atoms with Crippen LogP contribution in [0.3, 0.4) is 0 Å². The van der Waals surface area contributed by atoms with E-state index in [0.717, 1.165) is 44.6 Å². The van der Waals surface area contributed by atoms with Crippen molar-refractivity contribution in [3.8, 4) is 5.75 Å². The number of nitrogens with one attached hydrogen (secondary N) is 1. The molecule has 10 heteroatoms. The van der Waals surface area contributed by atoms with Crippen LogP contribution < -0.4 is 9.46 Å². The molecule has 0 heterocycles. The van der Waals surface area contributed by atoms with Crippen molar-refractivity contribution < 1.29 is 35.9 Å². The van der Waals surface area contributed by atoms with E-state index in [-0.39, 0.29) is 36.0 Å². The molecule has 1 amide bonds. The highest BCUT2D eigenvalue weighted by atomic mass is 32.2. The van der Waals surface area contributed by atoms with Gasteiger partial charge < -0.3 is 9.47 Å². The molecular weight excluding hydrogens is 471 g/mol. The van der Waals surface area contributed by atoms with Crippen LogP contribution in [0.15, 0.2) is 12.1 Å². The molecule has 0 radical (unpaired) electrons. The van der Waals surface area contributed by atoms with Crippen LogP contribution in [0, 0.1) is 23.1 Å². The summed E-state index contributed by atoms with van der Waals surface area (Å²) in [6.07, 6.45) is 3.92. The number of fused-ring (bicyclic) bond motifs is 2. The lowest BCUT2D eigenvalue weighted by Crippen LogP contribution is -2.42. The van der Waals surface area contributed by atoms with Crippen LogP contribution in [0.1, 0.15) is 73.2 Å². The van der Waals surface area contributed by atoms with Crippen LogP contribution in [0.4, 0.5) is 13.2 Å². The summed E-state index contributed by atoms with van der Waals surface area (Å²) in [4.78, 5) is 12.5. The highest BCUT2D eigenvalue weighted by molar-refractivity contribution is 7.90. The highest BCUT2D eigenvalue weighted by Crippen LogP contribution is 2.53. The minimum absolute atomic E-state index is 0.0970.